The Morgan fingerprint density at radius 1 is 1.00 bits per heavy atom. The summed E-state index contributed by atoms with van der Waals surface area (Å²) in [4.78, 5) is 31.6. The first kappa shape index (κ1) is 21.2. The van der Waals surface area contributed by atoms with E-state index in [2.05, 4.69) is 18.7 Å². The Morgan fingerprint density at radius 2 is 1.59 bits per heavy atom. The Kier molecular flexibility index (Phi) is 6.52. The van der Waals surface area contributed by atoms with E-state index in [-0.39, 0.29) is 24.2 Å². The second kappa shape index (κ2) is 8.90. The number of hydrogen-bond acceptors (Lipinski definition) is 6. The third-order valence-corrected chi connectivity index (χ3v) is 5.79. The van der Waals surface area contributed by atoms with E-state index < -0.39 is 0 Å². The zero-order valence-electron chi connectivity index (χ0n) is 17.9. The SMILES string of the molecule is COc1cc(N2CC(C(=O)N3CCN(C(C)C)CC3)CC2=O)cc(OC)c1OC. The Morgan fingerprint density at radius 3 is 2.07 bits per heavy atom. The minimum absolute atomic E-state index is 0.0664. The van der Waals surface area contributed by atoms with Gasteiger partial charge in [0.25, 0.3) is 0 Å². The molecule has 1 aromatic rings. The summed E-state index contributed by atoms with van der Waals surface area (Å²) in [6, 6.07) is 3.97. The molecule has 0 saturated carbocycles. The van der Waals surface area contributed by atoms with Crippen molar-refractivity contribution in [2.24, 2.45) is 5.92 Å². The van der Waals surface area contributed by atoms with Gasteiger partial charge in [0.2, 0.25) is 17.6 Å². The molecule has 2 saturated heterocycles. The van der Waals surface area contributed by atoms with Gasteiger partial charge in [-0.15, -0.1) is 0 Å². The number of ether oxygens (including phenoxy) is 3. The van der Waals surface area contributed by atoms with E-state index in [1.807, 2.05) is 4.90 Å². The van der Waals surface area contributed by atoms with Crippen molar-refractivity contribution in [2.45, 2.75) is 26.3 Å². The van der Waals surface area contributed by atoms with Crippen LogP contribution < -0.4 is 19.1 Å². The lowest BCUT2D eigenvalue weighted by atomic mass is 10.1. The normalized spacial score (nSPS) is 20.3. The minimum atomic E-state index is -0.327. The van der Waals surface area contributed by atoms with Gasteiger partial charge in [-0.25, -0.2) is 0 Å². The molecular formula is C21H31N3O5. The summed E-state index contributed by atoms with van der Waals surface area (Å²) in [5.74, 6) is 1.10. The predicted octanol–water partition coefficient (Wildman–Crippen LogP) is 1.62. The highest BCUT2D eigenvalue weighted by molar-refractivity contribution is 6.00. The van der Waals surface area contributed by atoms with E-state index in [0.29, 0.717) is 48.6 Å². The van der Waals surface area contributed by atoms with Crippen LogP contribution in [0.5, 0.6) is 17.2 Å². The molecule has 0 N–H and O–H groups in total. The quantitative estimate of drug-likeness (QED) is 0.716. The molecule has 2 amide bonds. The highest BCUT2D eigenvalue weighted by Crippen LogP contribution is 2.42. The molecule has 8 heteroatoms. The number of piperazine rings is 1. The van der Waals surface area contributed by atoms with Crippen molar-refractivity contribution in [1.29, 1.82) is 0 Å². The molecule has 0 bridgehead atoms. The van der Waals surface area contributed by atoms with Crippen molar-refractivity contribution in [3.8, 4) is 17.2 Å². The number of amides is 2. The van der Waals surface area contributed by atoms with Gasteiger partial charge in [0.05, 0.1) is 32.9 Å². The first-order valence-corrected chi connectivity index (χ1v) is 10.0. The predicted molar refractivity (Wildman–Crippen MR) is 110 cm³/mol. The molecular weight excluding hydrogens is 374 g/mol. The second-order valence-electron chi connectivity index (χ2n) is 7.74. The topological polar surface area (TPSA) is 71.6 Å². The van der Waals surface area contributed by atoms with E-state index >= 15 is 0 Å². The third-order valence-electron chi connectivity index (χ3n) is 5.79. The Labute approximate surface area is 172 Å². The van der Waals surface area contributed by atoms with Crippen LogP contribution in [-0.2, 0) is 9.59 Å². The van der Waals surface area contributed by atoms with Crippen LogP contribution in [0.4, 0.5) is 5.69 Å². The molecule has 0 aromatic heterocycles. The van der Waals surface area contributed by atoms with Crippen molar-refractivity contribution >= 4 is 17.5 Å². The van der Waals surface area contributed by atoms with Gasteiger partial charge >= 0.3 is 0 Å². The van der Waals surface area contributed by atoms with Crippen LogP contribution in [-0.4, -0.2) is 81.7 Å². The molecule has 0 radical (unpaired) electrons. The van der Waals surface area contributed by atoms with Gasteiger partial charge in [0.15, 0.2) is 11.5 Å². The molecule has 8 nitrogen and oxygen atoms in total. The summed E-state index contributed by atoms with van der Waals surface area (Å²) in [7, 11) is 4.61. The largest absolute Gasteiger partial charge is 0.493 e. The van der Waals surface area contributed by atoms with Gasteiger partial charge in [-0.2, -0.15) is 0 Å². The lowest BCUT2D eigenvalue weighted by Gasteiger charge is -2.37. The monoisotopic (exact) mass is 405 g/mol. The number of hydrogen-bond donors (Lipinski definition) is 0. The molecule has 0 spiro atoms. The molecule has 2 heterocycles. The van der Waals surface area contributed by atoms with Crippen LogP contribution in [0.15, 0.2) is 12.1 Å². The number of methoxy groups -OCH3 is 3. The molecule has 2 aliphatic heterocycles. The number of benzene rings is 1. The molecule has 0 aliphatic carbocycles. The maximum absolute atomic E-state index is 13.0. The zero-order chi connectivity index (χ0) is 21.1. The van der Waals surface area contributed by atoms with E-state index in [4.69, 9.17) is 14.2 Å². The number of carbonyl (C=O) groups excluding carboxylic acids is 2. The lowest BCUT2D eigenvalue weighted by Crippen LogP contribution is -2.52. The van der Waals surface area contributed by atoms with E-state index in [1.165, 1.54) is 21.3 Å². The first-order valence-electron chi connectivity index (χ1n) is 10.0. The molecule has 3 rings (SSSR count). The van der Waals surface area contributed by atoms with Gasteiger partial charge in [0, 0.05) is 57.3 Å². The standard InChI is InChI=1S/C21H31N3O5/c1-14(2)22-6-8-23(9-7-22)21(26)15-10-19(25)24(13-15)16-11-17(27-3)20(29-5)18(12-16)28-4/h11-12,14-15H,6-10,13H2,1-5H3. The molecule has 2 aliphatic rings. The van der Waals surface area contributed by atoms with Gasteiger partial charge in [0.1, 0.15) is 0 Å². The smallest absolute Gasteiger partial charge is 0.228 e. The van der Waals surface area contributed by atoms with Gasteiger partial charge in [-0.3, -0.25) is 14.5 Å². The van der Waals surface area contributed by atoms with E-state index in [0.717, 1.165) is 13.1 Å². The van der Waals surface area contributed by atoms with E-state index in [1.54, 1.807) is 17.0 Å². The summed E-state index contributed by atoms with van der Waals surface area (Å²) in [5, 5.41) is 0. The maximum atomic E-state index is 13.0. The first-order chi connectivity index (χ1) is 13.9. The van der Waals surface area contributed by atoms with Gasteiger partial charge in [-0.05, 0) is 13.8 Å². The van der Waals surface area contributed by atoms with E-state index in [9.17, 15) is 9.59 Å². The summed E-state index contributed by atoms with van der Waals surface area (Å²) in [5.41, 5.74) is 0.643. The van der Waals surface area contributed by atoms with Crippen LogP contribution in [0.3, 0.4) is 0 Å². The highest BCUT2D eigenvalue weighted by Gasteiger charge is 2.38. The fraction of sp³-hybridized carbons (Fsp3) is 0.619. The number of anilines is 1. The van der Waals surface area contributed by atoms with Crippen molar-refractivity contribution in [3.63, 3.8) is 0 Å². The Bertz CT molecular complexity index is 734. The van der Waals surface area contributed by atoms with Crippen molar-refractivity contribution in [2.75, 3.05) is 59.0 Å². The lowest BCUT2D eigenvalue weighted by molar-refractivity contribution is -0.137. The average Bonchev–Trinajstić information content (AvgIpc) is 3.13. The molecule has 1 atom stereocenters. The summed E-state index contributed by atoms with van der Waals surface area (Å²) < 4.78 is 16.1. The third kappa shape index (κ3) is 4.27. The Hall–Kier alpha value is -2.48. The molecule has 1 aromatic carbocycles. The van der Waals surface area contributed by atoms with Crippen molar-refractivity contribution in [3.05, 3.63) is 12.1 Å². The number of rotatable bonds is 6. The molecule has 1 unspecified atom stereocenters. The molecule has 29 heavy (non-hydrogen) atoms. The number of nitrogens with zero attached hydrogens (tertiary/aromatic N) is 3. The fourth-order valence-electron chi connectivity index (χ4n) is 4.06. The van der Waals surface area contributed by atoms with Crippen LogP contribution >= 0.6 is 0 Å². The zero-order valence-corrected chi connectivity index (χ0v) is 17.9. The summed E-state index contributed by atoms with van der Waals surface area (Å²) in [6.07, 6.45) is 0.222. The number of carbonyl (C=O) groups is 2. The minimum Gasteiger partial charge on any atom is -0.493 e. The van der Waals surface area contributed by atoms with Crippen LogP contribution in [0.1, 0.15) is 20.3 Å². The molecule has 2 fully saturated rings. The van der Waals surface area contributed by atoms with Gasteiger partial charge in [-0.1, -0.05) is 0 Å². The second-order valence-corrected chi connectivity index (χ2v) is 7.74. The maximum Gasteiger partial charge on any atom is 0.228 e. The van der Waals surface area contributed by atoms with Crippen molar-refractivity contribution < 1.29 is 23.8 Å². The molecule has 160 valence electrons. The fourth-order valence-corrected chi connectivity index (χ4v) is 4.06. The van der Waals surface area contributed by atoms with Crippen LogP contribution in [0.2, 0.25) is 0 Å². The van der Waals surface area contributed by atoms with Crippen LogP contribution in [0.25, 0.3) is 0 Å². The van der Waals surface area contributed by atoms with Crippen LogP contribution in [0, 0.1) is 5.92 Å². The average molecular weight is 405 g/mol. The van der Waals surface area contributed by atoms with Crippen molar-refractivity contribution in [1.82, 2.24) is 9.80 Å². The summed E-state index contributed by atoms with van der Waals surface area (Å²) >= 11 is 0. The summed E-state index contributed by atoms with van der Waals surface area (Å²) in [6.45, 7) is 7.88. The van der Waals surface area contributed by atoms with Gasteiger partial charge < -0.3 is 24.0 Å². The highest BCUT2D eigenvalue weighted by atomic mass is 16.5. The Balaban J connectivity index is 1.73.